The lowest BCUT2D eigenvalue weighted by atomic mass is 9.93. The highest BCUT2D eigenvalue weighted by Gasteiger charge is 2.26. The van der Waals surface area contributed by atoms with Crippen molar-refractivity contribution in [2.75, 3.05) is 6.79 Å². The van der Waals surface area contributed by atoms with E-state index in [-0.39, 0.29) is 12.7 Å². The van der Waals surface area contributed by atoms with E-state index in [4.69, 9.17) is 9.47 Å². The summed E-state index contributed by atoms with van der Waals surface area (Å²) in [5.74, 6) is 1.83. The molecule has 2 aromatic carbocycles. The number of nitrogens with zero attached hydrogens (tertiary/aromatic N) is 1. The Morgan fingerprint density at radius 1 is 0.926 bits per heavy atom. The number of fused-ring (bicyclic) bond motifs is 1. The maximum absolute atomic E-state index is 13.1. The Balaban J connectivity index is 1.47. The molecule has 4 rings (SSSR count). The molecule has 2 aliphatic rings. The van der Waals surface area contributed by atoms with Gasteiger partial charge in [0.1, 0.15) is 0 Å². The number of ether oxygens (including phenoxy) is 2. The average Bonchev–Trinajstić information content (AvgIpc) is 3.19. The molecule has 0 aromatic heterocycles. The SMILES string of the molecule is O=C(CCc1ccccc1)N(Cc1ccc2c(c1)OCO2)C1CCCCC1. The first-order valence-electron chi connectivity index (χ1n) is 10.0. The second-order valence-corrected chi connectivity index (χ2v) is 7.49. The Labute approximate surface area is 161 Å². The van der Waals surface area contributed by atoms with E-state index in [9.17, 15) is 4.79 Å². The largest absolute Gasteiger partial charge is 0.454 e. The van der Waals surface area contributed by atoms with Gasteiger partial charge in [-0.15, -0.1) is 0 Å². The van der Waals surface area contributed by atoms with E-state index in [1.807, 2.05) is 36.4 Å². The fraction of sp³-hybridized carbons (Fsp3) is 0.435. The number of rotatable bonds is 6. The molecule has 0 spiro atoms. The van der Waals surface area contributed by atoms with Crippen molar-refractivity contribution >= 4 is 5.91 Å². The molecular formula is C23H27NO3. The molecule has 1 aliphatic carbocycles. The summed E-state index contributed by atoms with van der Waals surface area (Å²) in [5, 5.41) is 0. The molecule has 1 fully saturated rings. The molecule has 142 valence electrons. The molecule has 4 nitrogen and oxygen atoms in total. The molecule has 0 saturated heterocycles. The number of hydrogen-bond donors (Lipinski definition) is 0. The highest BCUT2D eigenvalue weighted by atomic mass is 16.7. The van der Waals surface area contributed by atoms with E-state index in [1.54, 1.807) is 0 Å². The van der Waals surface area contributed by atoms with Gasteiger partial charge in [0.05, 0.1) is 0 Å². The zero-order chi connectivity index (χ0) is 18.5. The summed E-state index contributed by atoms with van der Waals surface area (Å²) in [6, 6.07) is 16.6. The van der Waals surface area contributed by atoms with Crippen molar-refractivity contribution in [2.24, 2.45) is 0 Å². The van der Waals surface area contributed by atoms with Gasteiger partial charge in [0, 0.05) is 19.0 Å². The quantitative estimate of drug-likeness (QED) is 0.744. The van der Waals surface area contributed by atoms with Crippen LogP contribution < -0.4 is 9.47 Å². The molecule has 1 saturated carbocycles. The van der Waals surface area contributed by atoms with Crippen LogP contribution in [0.2, 0.25) is 0 Å². The molecule has 0 unspecified atom stereocenters. The third kappa shape index (κ3) is 4.44. The van der Waals surface area contributed by atoms with E-state index in [0.717, 1.165) is 36.3 Å². The summed E-state index contributed by atoms with van der Waals surface area (Å²) < 4.78 is 10.9. The Bertz CT molecular complexity index is 768. The van der Waals surface area contributed by atoms with Crippen molar-refractivity contribution in [1.82, 2.24) is 4.90 Å². The van der Waals surface area contributed by atoms with Crippen molar-refractivity contribution in [3.8, 4) is 11.5 Å². The number of hydrogen-bond acceptors (Lipinski definition) is 3. The van der Waals surface area contributed by atoms with Crippen LogP contribution in [0.3, 0.4) is 0 Å². The van der Waals surface area contributed by atoms with Crippen LogP contribution in [0.4, 0.5) is 0 Å². The molecule has 1 heterocycles. The Kier molecular flexibility index (Phi) is 5.61. The van der Waals surface area contributed by atoms with Gasteiger partial charge in [0.2, 0.25) is 12.7 Å². The van der Waals surface area contributed by atoms with Gasteiger partial charge in [-0.05, 0) is 42.5 Å². The standard InChI is InChI=1S/C23H27NO3/c25-23(14-12-18-7-3-1-4-8-18)24(20-9-5-2-6-10-20)16-19-11-13-21-22(15-19)27-17-26-21/h1,3-4,7-8,11,13,15,20H,2,5-6,9-10,12,14,16-17H2. The molecule has 1 aliphatic heterocycles. The summed E-state index contributed by atoms with van der Waals surface area (Å²) in [6.07, 6.45) is 7.30. The molecule has 4 heteroatoms. The number of amides is 1. The van der Waals surface area contributed by atoms with E-state index in [1.165, 1.54) is 24.8 Å². The maximum atomic E-state index is 13.1. The minimum Gasteiger partial charge on any atom is -0.454 e. The van der Waals surface area contributed by atoms with Crippen molar-refractivity contribution in [2.45, 2.75) is 57.5 Å². The molecule has 27 heavy (non-hydrogen) atoms. The number of carbonyl (C=O) groups is 1. The van der Waals surface area contributed by atoms with Crippen LogP contribution in [0, 0.1) is 0 Å². The van der Waals surface area contributed by atoms with E-state index >= 15 is 0 Å². The second kappa shape index (κ2) is 8.47. The molecule has 0 radical (unpaired) electrons. The van der Waals surface area contributed by atoms with Crippen molar-refractivity contribution in [3.05, 3.63) is 59.7 Å². The average molecular weight is 365 g/mol. The van der Waals surface area contributed by atoms with Crippen molar-refractivity contribution < 1.29 is 14.3 Å². The monoisotopic (exact) mass is 365 g/mol. The van der Waals surface area contributed by atoms with Crippen molar-refractivity contribution in [3.63, 3.8) is 0 Å². The van der Waals surface area contributed by atoms with Gasteiger partial charge >= 0.3 is 0 Å². The van der Waals surface area contributed by atoms with Crippen LogP contribution >= 0.6 is 0 Å². The van der Waals surface area contributed by atoms with Gasteiger partial charge in [0.25, 0.3) is 0 Å². The number of aryl methyl sites for hydroxylation is 1. The van der Waals surface area contributed by atoms with Gasteiger partial charge in [-0.2, -0.15) is 0 Å². The van der Waals surface area contributed by atoms with Crippen LogP contribution in [-0.4, -0.2) is 23.6 Å². The van der Waals surface area contributed by atoms with Crippen LogP contribution in [0.15, 0.2) is 48.5 Å². The summed E-state index contributed by atoms with van der Waals surface area (Å²) in [4.78, 5) is 15.2. The first-order valence-corrected chi connectivity index (χ1v) is 10.0. The van der Waals surface area contributed by atoms with Gasteiger partial charge in [-0.25, -0.2) is 0 Å². The molecule has 0 N–H and O–H groups in total. The second-order valence-electron chi connectivity index (χ2n) is 7.49. The first kappa shape index (κ1) is 17.9. The minimum atomic E-state index is 0.253. The van der Waals surface area contributed by atoms with E-state index in [2.05, 4.69) is 17.0 Å². The summed E-state index contributed by atoms with van der Waals surface area (Å²) in [7, 11) is 0. The van der Waals surface area contributed by atoms with Gasteiger partial charge in [0.15, 0.2) is 11.5 Å². The first-order chi connectivity index (χ1) is 13.3. The normalized spacial score (nSPS) is 16.3. The van der Waals surface area contributed by atoms with Crippen molar-refractivity contribution in [1.29, 1.82) is 0 Å². The van der Waals surface area contributed by atoms with Gasteiger partial charge in [-0.3, -0.25) is 4.79 Å². The Morgan fingerprint density at radius 2 is 1.70 bits per heavy atom. The Morgan fingerprint density at radius 3 is 2.52 bits per heavy atom. The number of carbonyl (C=O) groups excluding carboxylic acids is 1. The fourth-order valence-corrected chi connectivity index (χ4v) is 4.09. The maximum Gasteiger partial charge on any atom is 0.231 e. The van der Waals surface area contributed by atoms with Crippen LogP contribution in [0.25, 0.3) is 0 Å². The lowest BCUT2D eigenvalue weighted by Gasteiger charge is -2.34. The van der Waals surface area contributed by atoms with Gasteiger partial charge in [-0.1, -0.05) is 55.7 Å². The molecule has 1 amide bonds. The van der Waals surface area contributed by atoms with Gasteiger partial charge < -0.3 is 14.4 Å². The predicted molar refractivity (Wildman–Crippen MR) is 105 cm³/mol. The molecule has 0 atom stereocenters. The topological polar surface area (TPSA) is 38.8 Å². The van der Waals surface area contributed by atoms with Crippen LogP contribution in [0.5, 0.6) is 11.5 Å². The van der Waals surface area contributed by atoms with E-state index < -0.39 is 0 Å². The minimum absolute atomic E-state index is 0.253. The molecule has 2 aromatic rings. The van der Waals surface area contributed by atoms with E-state index in [0.29, 0.717) is 19.0 Å². The predicted octanol–water partition coefficient (Wildman–Crippen LogP) is 4.71. The zero-order valence-corrected chi connectivity index (χ0v) is 15.7. The molecule has 0 bridgehead atoms. The summed E-state index contributed by atoms with van der Waals surface area (Å²) in [5.41, 5.74) is 2.33. The summed E-state index contributed by atoms with van der Waals surface area (Å²) in [6.45, 7) is 0.927. The third-order valence-corrected chi connectivity index (χ3v) is 5.60. The summed E-state index contributed by atoms with van der Waals surface area (Å²) >= 11 is 0. The molecular weight excluding hydrogens is 338 g/mol. The number of benzene rings is 2. The third-order valence-electron chi connectivity index (χ3n) is 5.60. The van der Waals surface area contributed by atoms with Crippen LogP contribution in [0.1, 0.15) is 49.7 Å². The Hall–Kier alpha value is -2.49. The fourth-order valence-electron chi connectivity index (χ4n) is 4.09. The lowest BCUT2D eigenvalue weighted by molar-refractivity contribution is -0.135. The highest BCUT2D eigenvalue weighted by molar-refractivity contribution is 5.77. The zero-order valence-electron chi connectivity index (χ0n) is 15.7. The highest BCUT2D eigenvalue weighted by Crippen LogP contribution is 2.33. The smallest absolute Gasteiger partial charge is 0.231 e. The van der Waals surface area contributed by atoms with Crippen LogP contribution in [-0.2, 0) is 17.8 Å². The lowest BCUT2D eigenvalue weighted by Crippen LogP contribution is -2.41.